The number of hydrogen-bond donors (Lipinski definition) is 4. The summed E-state index contributed by atoms with van der Waals surface area (Å²) in [5.41, 5.74) is 12.5. The minimum absolute atomic E-state index is 0.00822. The van der Waals surface area contributed by atoms with E-state index in [0.29, 0.717) is 31.8 Å². The van der Waals surface area contributed by atoms with Gasteiger partial charge in [0.25, 0.3) is 0 Å². The SMILES string of the molecule is CC1CC(OCC2NC(N)NC(N)C2C2CCC(Cl)C(Cl)C2)CCC1[N+](=O)[O-]. The Hall–Kier alpha value is -0.220. The van der Waals surface area contributed by atoms with Gasteiger partial charge in [0.1, 0.15) is 6.29 Å². The smallest absolute Gasteiger partial charge is 0.215 e. The number of rotatable bonds is 5. The second-order valence-corrected chi connectivity index (χ2v) is 9.85. The first-order valence-electron chi connectivity index (χ1n) is 10.3. The zero-order chi connectivity index (χ0) is 20.4. The summed E-state index contributed by atoms with van der Waals surface area (Å²) in [6.07, 6.45) is 4.08. The van der Waals surface area contributed by atoms with Gasteiger partial charge >= 0.3 is 0 Å². The number of nitrogens with zero attached hydrogens (tertiary/aromatic N) is 1. The maximum Gasteiger partial charge on any atom is 0.215 e. The van der Waals surface area contributed by atoms with Crippen molar-refractivity contribution in [2.45, 2.75) is 86.8 Å². The van der Waals surface area contributed by atoms with Crippen LogP contribution in [0.5, 0.6) is 0 Å². The largest absolute Gasteiger partial charge is 0.377 e. The maximum absolute atomic E-state index is 11.1. The van der Waals surface area contributed by atoms with Crippen LogP contribution in [0.2, 0.25) is 0 Å². The first-order valence-corrected chi connectivity index (χ1v) is 11.2. The van der Waals surface area contributed by atoms with E-state index >= 15 is 0 Å². The zero-order valence-corrected chi connectivity index (χ0v) is 17.8. The van der Waals surface area contributed by atoms with Crippen molar-refractivity contribution in [3.8, 4) is 0 Å². The molecule has 0 aromatic heterocycles. The third-order valence-corrected chi connectivity index (χ3v) is 7.91. The van der Waals surface area contributed by atoms with E-state index in [-0.39, 0.29) is 52.1 Å². The standard InChI is InChI=1S/C18H33Cl2N5O3/c1-9-6-11(3-5-15(9)25(26)27)28-8-14-16(17(21)24-18(22)23-14)10-2-4-12(19)13(20)7-10/h9-18,23-24H,2-8,21-22H2,1H3. The van der Waals surface area contributed by atoms with Crippen molar-refractivity contribution in [3.05, 3.63) is 10.1 Å². The molecular weight excluding hydrogens is 405 g/mol. The Morgan fingerprint density at radius 1 is 1.11 bits per heavy atom. The van der Waals surface area contributed by atoms with Gasteiger partial charge in [-0.2, -0.15) is 0 Å². The molecule has 10 atom stereocenters. The van der Waals surface area contributed by atoms with Crippen molar-refractivity contribution in [2.24, 2.45) is 29.2 Å². The molecule has 28 heavy (non-hydrogen) atoms. The van der Waals surface area contributed by atoms with Crippen LogP contribution in [0.3, 0.4) is 0 Å². The average molecular weight is 438 g/mol. The van der Waals surface area contributed by atoms with E-state index in [1.54, 1.807) is 0 Å². The summed E-state index contributed by atoms with van der Waals surface area (Å²) in [4.78, 5) is 11.0. The predicted molar refractivity (Wildman–Crippen MR) is 110 cm³/mol. The minimum Gasteiger partial charge on any atom is -0.377 e. The molecule has 3 rings (SSSR count). The normalized spacial score (nSPS) is 47.6. The monoisotopic (exact) mass is 437 g/mol. The molecule has 0 aromatic rings. The summed E-state index contributed by atoms with van der Waals surface area (Å²) in [6.45, 7) is 2.42. The fourth-order valence-corrected chi connectivity index (χ4v) is 5.82. The van der Waals surface area contributed by atoms with Gasteiger partial charge in [-0.25, -0.2) is 0 Å². The van der Waals surface area contributed by atoms with E-state index in [2.05, 4.69) is 10.6 Å². The van der Waals surface area contributed by atoms with Crippen LogP contribution in [0.1, 0.15) is 45.4 Å². The van der Waals surface area contributed by atoms with Crippen LogP contribution in [0.25, 0.3) is 0 Å². The summed E-state index contributed by atoms with van der Waals surface area (Å²) < 4.78 is 6.20. The van der Waals surface area contributed by atoms with Crippen molar-refractivity contribution in [1.29, 1.82) is 0 Å². The van der Waals surface area contributed by atoms with Crippen LogP contribution in [0, 0.1) is 27.9 Å². The third kappa shape index (κ3) is 5.28. The van der Waals surface area contributed by atoms with E-state index in [0.717, 1.165) is 19.3 Å². The molecule has 0 radical (unpaired) electrons. The summed E-state index contributed by atoms with van der Waals surface area (Å²) in [6, 6.07) is -0.451. The van der Waals surface area contributed by atoms with Gasteiger partial charge in [0.15, 0.2) is 0 Å². The van der Waals surface area contributed by atoms with Gasteiger partial charge in [0.05, 0.1) is 24.3 Å². The van der Waals surface area contributed by atoms with E-state index < -0.39 is 6.04 Å². The van der Waals surface area contributed by atoms with Crippen molar-refractivity contribution >= 4 is 23.2 Å². The van der Waals surface area contributed by atoms with Gasteiger partial charge in [0.2, 0.25) is 6.04 Å². The van der Waals surface area contributed by atoms with Gasteiger partial charge in [-0.3, -0.25) is 20.7 Å². The van der Waals surface area contributed by atoms with E-state index in [1.165, 1.54) is 0 Å². The van der Waals surface area contributed by atoms with Crippen LogP contribution in [0.15, 0.2) is 0 Å². The molecule has 1 heterocycles. The highest BCUT2D eigenvalue weighted by atomic mass is 35.5. The zero-order valence-electron chi connectivity index (χ0n) is 16.3. The topological polar surface area (TPSA) is 128 Å². The van der Waals surface area contributed by atoms with Crippen molar-refractivity contribution < 1.29 is 9.66 Å². The fraction of sp³-hybridized carbons (Fsp3) is 1.00. The molecule has 3 aliphatic rings. The lowest BCUT2D eigenvalue weighted by Gasteiger charge is -2.47. The van der Waals surface area contributed by atoms with Gasteiger partial charge < -0.3 is 16.2 Å². The molecule has 2 saturated carbocycles. The number of halogens is 2. The molecule has 0 amide bonds. The molecule has 10 unspecified atom stereocenters. The van der Waals surface area contributed by atoms with Gasteiger partial charge in [-0.05, 0) is 38.0 Å². The first kappa shape index (κ1) is 22.5. The Kier molecular flexibility index (Phi) is 7.80. The second-order valence-electron chi connectivity index (χ2n) is 8.72. The van der Waals surface area contributed by atoms with Gasteiger partial charge in [-0.1, -0.05) is 6.92 Å². The Morgan fingerprint density at radius 3 is 2.50 bits per heavy atom. The molecular formula is C18H33Cl2N5O3. The lowest BCUT2D eigenvalue weighted by atomic mass is 9.74. The number of nitro groups is 1. The van der Waals surface area contributed by atoms with Gasteiger partial charge in [0, 0.05) is 34.6 Å². The van der Waals surface area contributed by atoms with Crippen molar-refractivity contribution in [3.63, 3.8) is 0 Å². The molecule has 0 bridgehead atoms. The molecule has 0 aromatic carbocycles. The molecule has 0 spiro atoms. The van der Waals surface area contributed by atoms with Crippen LogP contribution in [0.4, 0.5) is 0 Å². The predicted octanol–water partition coefficient (Wildman–Crippen LogP) is 1.56. The lowest BCUT2D eigenvalue weighted by Crippen LogP contribution is -2.71. The molecule has 2 aliphatic carbocycles. The Balaban J connectivity index is 1.59. The fourth-order valence-electron chi connectivity index (χ4n) is 5.23. The Morgan fingerprint density at radius 2 is 1.86 bits per heavy atom. The number of nitrogens with two attached hydrogens (primary N) is 2. The number of nitrogens with one attached hydrogen (secondary N) is 2. The molecule has 8 nitrogen and oxygen atoms in total. The molecule has 10 heteroatoms. The molecule has 1 saturated heterocycles. The summed E-state index contributed by atoms with van der Waals surface area (Å²) >= 11 is 12.7. The molecule has 6 N–H and O–H groups in total. The number of alkyl halides is 2. The Bertz CT molecular complexity index is 545. The van der Waals surface area contributed by atoms with E-state index in [4.69, 9.17) is 39.4 Å². The molecule has 3 fully saturated rings. The molecule has 162 valence electrons. The van der Waals surface area contributed by atoms with Crippen LogP contribution >= 0.6 is 23.2 Å². The number of ether oxygens (including phenoxy) is 1. The van der Waals surface area contributed by atoms with Crippen molar-refractivity contribution in [1.82, 2.24) is 10.6 Å². The van der Waals surface area contributed by atoms with E-state index in [9.17, 15) is 10.1 Å². The Labute approximate surface area is 176 Å². The first-order chi connectivity index (χ1) is 13.3. The second kappa shape index (κ2) is 9.73. The summed E-state index contributed by atoms with van der Waals surface area (Å²) in [5.74, 6) is 0.501. The maximum atomic E-state index is 11.1. The summed E-state index contributed by atoms with van der Waals surface area (Å²) in [5, 5.41) is 17.6. The highest BCUT2D eigenvalue weighted by Crippen LogP contribution is 2.38. The van der Waals surface area contributed by atoms with E-state index in [1.807, 2.05) is 6.92 Å². The van der Waals surface area contributed by atoms with Gasteiger partial charge in [-0.15, -0.1) is 23.2 Å². The average Bonchev–Trinajstić information content (AvgIpc) is 2.62. The lowest BCUT2D eigenvalue weighted by molar-refractivity contribution is -0.536. The highest BCUT2D eigenvalue weighted by molar-refractivity contribution is 6.30. The number of hydrogen-bond acceptors (Lipinski definition) is 7. The minimum atomic E-state index is -0.460. The van der Waals surface area contributed by atoms with Crippen LogP contribution in [-0.2, 0) is 4.74 Å². The van der Waals surface area contributed by atoms with Crippen LogP contribution < -0.4 is 22.1 Å². The van der Waals surface area contributed by atoms with Crippen molar-refractivity contribution in [2.75, 3.05) is 6.61 Å². The summed E-state index contributed by atoms with van der Waals surface area (Å²) in [7, 11) is 0. The van der Waals surface area contributed by atoms with Crippen LogP contribution in [-0.4, -0.2) is 52.9 Å². The highest BCUT2D eigenvalue weighted by Gasteiger charge is 2.43. The third-order valence-electron chi connectivity index (χ3n) is 6.78. The molecule has 1 aliphatic heterocycles. The quantitative estimate of drug-likeness (QED) is 0.291.